The summed E-state index contributed by atoms with van der Waals surface area (Å²) in [5.41, 5.74) is 0.819. The molecule has 6 heteroatoms. The van der Waals surface area contributed by atoms with Crippen molar-refractivity contribution in [3.05, 3.63) is 29.0 Å². The lowest BCUT2D eigenvalue weighted by Crippen LogP contribution is -3.17. The molecule has 0 saturated carbocycles. The van der Waals surface area contributed by atoms with Gasteiger partial charge < -0.3 is 10.2 Å². The second-order valence-electron chi connectivity index (χ2n) is 3.95. The number of hydrogen-bond acceptors (Lipinski definition) is 1. The number of rotatable bonds is 2. The summed E-state index contributed by atoms with van der Waals surface area (Å²) in [4.78, 5) is 3.29. The smallest absolute Gasteiger partial charge is 0.182 e. The first-order chi connectivity index (χ1) is 8.11. The number of thiocarbonyl (C=S) groups is 1. The molecular weight excluding hydrogens is 261 g/mol. The van der Waals surface area contributed by atoms with Gasteiger partial charge in [-0.2, -0.15) is 0 Å². The van der Waals surface area contributed by atoms with Crippen molar-refractivity contribution in [3.63, 3.8) is 0 Å². The van der Waals surface area contributed by atoms with Crippen LogP contribution in [0.3, 0.4) is 0 Å². The maximum Gasteiger partial charge on any atom is 0.182 e. The van der Waals surface area contributed by atoms with Gasteiger partial charge in [0.25, 0.3) is 0 Å². The zero-order valence-corrected chi connectivity index (χ0v) is 11.0. The van der Waals surface area contributed by atoms with E-state index in [0.29, 0.717) is 5.11 Å². The molecule has 0 bridgehead atoms. The maximum atomic E-state index is 13.1. The first-order valence-electron chi connectivity index (χ1n) is 5.45. The molecule has 1 saturated heterocycles. The molecule has 1 aromatic rings. The van der Waals surface area contributed by atoms with Crippen molar-refractivity contribution in [2.24, 2.45) is 0 Å². The summed E-state index contributed by atoms with van der Waals surface area (Å²) in [7, 11) is 0. The second kappa shape index (κ2) is 5.16. The fraction of sp³-hybridized carbons (Fsp3) is 0.364. The number of benzene rings is 1. The van der Waals surface area contributed by atoms with Crippen LogP contribution in [-0.4, -0.2) is 25.0 Å². The van der Waals surface area contributed by atoms with Crippen molar-refractivity contribution in [1.82, 2.24) is 5.32 Å². The molecule has 0 aliphatic carbocycles. The van der Waals surface area contributed by atoms with Crippen LogP contribution in [0.15, 0.2) is 18.2 Å². The Bertz CT molecular complexity index is 441. The second-order valence-corrected chi connectivity index (χ2v) is 4.74. The lowest BCUT2D eigenvalue weighted by Gasteiger charge is -2.34. The summed E-state index contributed by atoms with van der Waals surface area (Å²) < 4.78 is 13.1. The van der Waals surface area contributed by atoms with Gasteiger partial charge >= 0.3 is 0 Å². The Labute approximate surface area is 110 Å². The summed E-state index contributed by atoms with van der Waals surface area (Å²) in [5, 5.41) is 3.93. The molecule has 0 amide bonds. The highest BCUT2D eigenvalue weighted by Crippen LogP contribution is 2.22. The monoisotopic (exact) mass is 274 g/mol. The number of nitrogens with zero attached hydrogens (tertiary/aromatic N) is 1. The van der Waals surface area contributed by atoms with E-state index in [1.807, 2.05) is 4.90 Å². The quantitative estimate of drug-likeness (QED) is 0.785. The Hall–Kier alpha value is -0.910. The molecule has 1 unspecified atom stereocenters. The Morgan fingerprint density at radius 2 is 2.35 bits per heavy atom. The van der Waals surface area contributed by atoms with Gasteiger partial charge in [-0.1, -0.05) is 11.6 Å². The van der Waals surface area contributed by atoms with Crippen LogP contribution in [0, 0.1) is 5.82 Å². The normalized spacial score (nSPS) is 20.3. The van der Waals surface area contributed by atoms with Gasteiger partial charge in [0.05, 0.1) is 17.3 Å². The third-order valence-electron chi connectivity index (χ3n) is 2.83. The summed E-state index contributed by atoms with van der Waals surface area (Å²) in [6.07, 6.45) is 0. The van der Waals surface area contributed by atoms with Crippen molar-refractivity contribution in [2.75, 3.05) is 24.8 Å². The zero-order valence-electron chi connectivity index (χ0n) is 9.46. The van der Waals surface area contributed by atoms with Crippen LogP contribution >= 0.6 is 23.8 Å². The maximum absolute atomic E-state index is 13.1. The molecule has 1 aromatic carbocycles. The molecule has 0 radical (unpaired) electrons. The molecule has 17 heavy (non-hydrogen) atoms. The highest BCUT2D eigenvalue weighted by Gasteiger charge is 2.23. The molecule has 0 spiro atoms. The Morgan fingerprint density at radius 3 is 3.00 bits per heavy atom. The molecule has 0 aromatic heterocycles. The molecule has 1 atom stereocenters. The minimum Gasteiger partial charge on any atom is -0.315 e. The third kappa shape index (κ3) is 2.68. The minimum absolute atomic E-state index is 0.119. The summed E-state index contributed by atoms with van der Waals surface area (Å²) in [6, 6.07) is 4.65. The van der Waals surface area contributed by atoms with E-state index in [2.05, 4.69) is 12.2 Å². The predicted octanol–water partition coefficient (Wildman–Crippen LogP) is 0.993. The van der Waals surface area contributed by atoms with E-state index < -0.39 is 5.82 Å². The van der Waals surface area contributed by atoms with Gasteiger partial charge in [-0.05, 0) is 37.3 Å². The Kier molecular flexibility index (Phi) is 3.81. The third-order valence-corrected chi connectivity index (χ3v) is 3.49. The Morgan fingerprint density at radius 1 is 1.59 bits per heavy atom. The van der Waals surface area contributed by atoms with Gasteiger partial charge in [0.2, 0.25) is 0 Å². The van der Waals surface area contributed by atoms with Crippen LogP contribution < -0.4 is 15.1 Å². The highest BCUT2D eigenvalue weighted by atomic mass is 35.5. The Balaban J connectivity index is 2.24. The van der Waals surface area contributed by atoms with Crippen LogP contribution in [0.4, 0.5) is 10.1 Å². The molecule has 3 nitrogen and oxygen atoms in total. The fourth-order valence-corrected chi connectivity index (χ4v) is 2.16. The molecule has 1 aliphatic rings. The number of quaternary nitrogens is 1. The van der Waals surface area contributed by atoms with Crippen LogP contribution in [-0.2, 0) is 0 Å². The average molecular weight is 275 g/mol. The first-order valence-corrected chi connectivity index (χ1v) is 6.24. The van der Waals surface area contributed by atoms with E-state index in [-0.39, 0.29) is 5.02 Å². The van der Waals surface area contributed by atoms with Gasteiger partial charge in [-0.25, -0.2) is 4.39 Å². The molecule has 2 rings (SSSR count). The SMILES string of the molecule is CC[NH+]1CNC(=S)N(c2ccc(F)c(Cl)c2)C1. The van der Waals surface area contributed by atoms with Gasteiger partial charge in [-0.3, -0.25) is 4.90 Å². The van der Waals surface area contributed by atoms with E-state index in [4.69, 9.17) is 23.8 Å². The molecule has 1 aliphatic heterocycles. The van der Waals surface area contributed by atoms with Crippen molar-refractivity contribution < 1.29 is 9.29 Å². The van der Waals surface area contributed by atoms with Crippen molar-refractivity contribution in [2.45, 2.75) is 6.92 Å². The van der Waals surface area contributed by atoms with E-state index in [9.17, 15) is 4.39 Å². The van der Waals surface area contributed by atoms with E-state index >= 15 is 0 Å². The fourth-order valence-electron chi connectivity index (χ4n) is 1.75. The molecular formula is C11H14ClFN3S+. The van der Waals surface area contributed by atoms with Gasteiger partial charge in [0.1, 0.15) is 5.82 Å². The first kappa shape index (κ1) is 12.5. The molecule has 2 N–H and O–H groups in total. The number of nitrogens with one attached hydrogen (secondary N) is 2. The van der Waals surface area contributed by atoms with Crippen molar-refractivity contribution in [3.8, 4) is 0 Å². The molecule has 1 heterocycles. The van der Waals surface area contributed by atoms with E-state index in [0.717, 1.165) is 25.6 Å². The van der Waals surface area contributed by atoms with Crippen LogP contribution in [0.1, 0.15) is 6.92 Å². The largest absolute Gasteiger partial charge is 0.315 e. The standard InChI is InChI=1S/C11H13ClFN3S/c1-2-15-6-14-11(17)16(7-15)8-3-4-10(13)9(12)5-8/h3-5H,2,6-7H2,1H3,(H,14,17)/p+1. The minimum atomic E-state index is -0.411. The van der Waals surface area contributed by atoms with Gasteiger partial charge in [0.15, 0.2) is 18.4 Å². The predicted molar refractivity (Wildman–Crippen MR) is 70.9 cm³/mol. The van der Waals surface area contributed by atoms with Gasteiger partial charge in [-0.15, -0.1) is 0 Å². The van der Waals surface area contributed by atoms with E-state index in [1.54, 1.807) is 12.1 Å². The van der Waals surface area contributed by atoms with Crippen LogP contribution in [0.2, 0.25) is 5.02 Å². The zero-order chi connectivity index (χ0) is 12.4. The molecule has 92 valence electrons. The lowest BCUT2D eigenvalue weighted by atomic mass is 10.3. The number of anilines is 1. The van der Waals surface area contributed by atoms with Crippen molar-refractivity contribution >= 4 is 34.6 Å². The average Bonchev–Trinajstić information content (AvgIpc) is 2.33. The van der Waals surface area contributed by atoms with Gasteiger partial charge in [0, 0.05) is 0 Å². The highest BCUT2D eigenvalue weighted by molar-refractivity contribution is 7.80. The summed E-state index contributed by atoms with van der Waals surface area (Å²) >= 11 is 11.0. The summed E-state index contributed by atoms with van der Waals surface area (Å²) in [6.45, 7) is 4.70. The van der Waals surface area contributed by atoms with Crippen LogP contribution in [0.5, 0.6) is 0 Å². The molecule has 1 fully saturated rings. The number of halogens is 2. The number of hydrogen-bond donors (Lipinski definition) is 2. The van der Waals surface area contributed by atoms with E-state index in [1.165, 1.54) is 11.0 Å². The lowest BCUT2D eigenvalue weighted by molar-refractivity contribution is -0.901. The topological polar surface area (TPSA) is 19.7 Å². The van der Waals surface area contributed by atoms with Crippen molar-refractivity contribution in [1.29, 1.82) is 0 Å². The van der Waals surface area contributed by atoms with Crippen LogP contribution in [0.25, 0.3) is 0 Å². The summed E-state index contributed by atoms with van der Waals surface area (Å²) in [5.74, 6) is -0.411.